The number of halogens is 2. The van der Waals surface area contributed by atoms with Crippen LogP contribution >= 0.6 is 23.2 Å². The highest BCUT2D eigenvalue weighted by Gasteiger charge is 2.09. The van der Waals surface area contributed by atoms with Crippen LogP contribution in [-0.2, 0) is 6.42 Å². The van der Waals surface area contributed by atoms with Crippen LogP contribution in [0.3, 0.4) is 0 Å². The van der Waals surface area contributed by atoms with Gasteiger partial charge < -0.3 is 0 Å². The van der Waals surface area contributed by atoms with E-state index in [4.69, 9.17) is 23.2 Å². The van der Waals surface area contributed by atoms with E-state index in [1.54, 1.807) is 6.20 Å². The number of aromatic nitrogens is 2. The maximum atomic E-state index is 6.12. The van der Waals surface area contributed by atoms with Crippen LogP contribution < -0.4 is 0 Å². The predicted octanol–water partition coefficient (Wildman–Crippen LogP) is 4.33. The third-order valence-corrected chi connectivity index (χ3v) is 3.41. The molecule has 1 unspecified atom stereocenters. The second-order valence-corrected chi connectivity index (χ2v) is 5.27. The average Bonchev–Trinajstić information content (AvgIpc) is 2.32. The molecule has 1 heterocycles. The zero-order chi connectivity index (χ0) is 13.1. The van der Waals surface area contributed by atoms with Gasteiger partial charge in [0, 0.05) is 28.9 Å². The van der Waals surface area contributed by atoms with Crippen LogP contribution in [0.25, 0.3) is 0 Å². The Balaban J connectivity index is 2.26. The maximum absolute atomic E-state index is 6.12. The molecule has 0 bridgehead atoms. The normalized spacial score (nSPS) is 12.4. The van der Waals surface area contributed by atoms with Gasteiger partial charge >= 0.3 is 0 Å². The SMILES string of the molecule is Cc1nc(Cc2ccccc2Cl)ncc1C(C)Cl. The molecule has 1 atom stereocenters. The number of aryl methyl sites for hydroxylation is 1. The molecule has 2 rings (SSSR count). The number of alkyl halides is 1. The van der Waals surface area contributed by atoms with E-state index < -0.39 is 0 Å². The fourth-order valence-electron chi connectivity index (χ4n) is 1.81. The summed E-state index contributed by atoms with van der Waals surface area (Å²) < 4.78 is 0. The van der Waals surface area contributed by atoms with E-state index in [9.17, 15) is 0 Å². The van der Waals surface area contributed by atoms with Gasteiger partial charge in [0.05, 0.1) is 5.38 Å². The van der Waals surface area contributed by atoms with Gasteiger partial charge in [-0.05, 0) is 25.5 Å². The van der Waals surface area contributed by atoms with Gasteiger partial charge in [-0.15, -0.1) is 11.6 Å². The molecule has 1 aromatic carbocycles. The van der Waals surface area contributed by atoms with Crippen molar-refractivity contribution in [1.29, 1.82) is 0 Å². The molecular formula is C14H14Cl2N2. The molecule has 0 spiro atoms. The van der Waals surface area contributed by atoms with Crippen LogP contribution in [0.5, 0.6) is 0 Å². The van der Waals surface area contributed by atoms with Crippen LogP contribution in [0.15, 0.2) is 30.5 Å². The summed E-state index contributed by atoms with van der Waals surface area (Å²) >= 11 is 12.2. The summed E-state index contributed by atoms with van der Waals surface area (Å²) in [5.74, 6) is 0.765. The van der Waals surface area contributed by atoms with Crippen LogP contribution in [0.1, 0.15) is 34.9 Å². The van der Waals surface area contributed by atoms with Gasteiger partial charge in [0.1, 0.15) is 5.82 Å². The largest absolute Gasteiger partial charge is 0.241 e. The van der Waals surface area contributed by atoms with E-state index in [0.29, 0.717) is 6.42 Å². The zero-order valence-electron chi connectivity index (χ0n) is 10.3. The van der Waals surface area contributed by atoms with Crippen molar-refractivity contribution in [1.82, 2.24) is 9.97 Å². The van der Waals surface area contributed by atoms with Gasteiger partial charge in [-0.3, -0.25) is 0 Å². The summed E-state index contributed by atoms with van der Waals surface area (Å²) in [6.45, 7) is 3.87. The van der Waals surface area contributed by atoms with Crippen molar-refractivity contribution >= 4 is 23.2 Å². The van der Waals surface area contributed by atoms with Gasteiger partial charge in [0.25, 0.3) is 0 Å². The molecule has 0 aliphatic heterocycles. The maximum Gasteiger partial charge on any atom is 0.132 e. The Morgan fingerprint density at radius 3 is 2.61 bits per heavy atom. The molecule has 2 nitrogen and oxygen atoms in total. The Labute approximate surface area is 117 Å². The summed E-state index contributed by atoms with van der Waals surface area (Å²) in [6, 6.07) is 7.73. The number of hydrogen-bond acceptors (Lipinski definition) is 2. The molecule has 94 valence electrons. The minimum absolute atomic E-state index is 0.0700. The van der Waals surface area contributed by atoms with E-state index in [1.165, 1.54) is 0 Å². The van der Waals surface area contributed by atoms with Gasteiger partial charge in [0.15, 0.2) is 0 Å². The van der Waals surface area contributed by atoms with E-state index in [2.05, 4.69) is 9.97 Å². The molecule has 0 aliphatic carbocycles. The summed E-state index contributed by atoms with van der Waals surface area (Å²) in [6.07, 6.45) is 2.43. The summed E-state index contributed by atoms with van der Waals surface area (Å²) in [4.78, 5) is 8.82. The van der Waals surface area contributed by atoms with Crippen molar-refractivity contribution in [2.75, 3.05) is 0 Å². The summed E-state index contributed by atoms with van der Waals surface area (Å²) in [5.41, 5.74) is 2.93. The Morgan fingerprint density at radius 2 is 2.00 bits per heavy atom. The molecule has 0 saturated carbocycles. The fourth-order valence-corrected chi connectivity index (χ4v) is 2.23. The molecule has 4 heteroatoms. The molecule has 18 heavy (non-hydrogen) atoms. The molecule has 0 fully saturated rings. The average molecular weight is 281 g/mol. The predicted molar refractivity (Wildman–Crippen MR) is 75.3 cm³/mol. The number of hydrogen-bond donors (Lipinski definition) is 0. The minimum atomic E-state index is -0.0700. The Morgan fingerprint density at radius 1 is 1.28 bits per heavy atom. The second kappa shape index (κ2) is 5.68. The van der Waals surface area contributed by atoms with Crippen LogP contribution in [0.4, 0.5) is 0 Å². The lowest BCUT2D eigenvalue weighted by molar-refractivity contribution is 0.895. The van der Waals surface area contributed by atoms with Crippen molar-refractivity contribution in [2.45, 2.75) is 25.6 Å². The van der Waals surface area contributed by atoms with Gasteiger partial charge in [0.2, 0.25) is 0 Å². The Bertz CT molecular complexity index is 553. The fraction of sp³-hybridized carbons (Fsp3) is 0.286. The standard InChI is InChI=1S/C14H14Cl2N2/c1-9(15)12-8-17-14(18-10(12)2)7-11-5-3-4-6-13(11)16/h3-6,8-9H,7H2,1-2H3. The van der Waals surface area contributed by atoms with E-state index in [-0.39, 0.29) is 5.38 Å². The first-order valence-corrected chi connectivity index (χ1v) is 6.59. The molecule has 0 saturated heterocycles. The summed E-state index contributed by atoms with van der Waals surface area (Å²) in [7, 11) is 0. The Hall–Kier alpha value is -1.12. The lowest BCUT2D eigenvalue weighted by Gasteiger charge is -2.09. The van der Waals surface area contributed by atoms with E-state index >= 15 is 0 Å². The quantitative estimate of drug-likeness (QED) is 0.782. The first kappa shape index (κ1) is 13.3. The number of benzene rings is 1. The van der Waals surface area contributed by atoms with E-state index in [0.717, 1.165) is 27.7 Å². The molecular weight excluding hydrogens is 267 g/mol. The van der Waals surface area contributed by atoms with Gasteiger partial charge in [-0.2, -0.15) is 0 Å². The molecule has 1 aromatic heterocycles. The lowest BCUT2D eigenvalue weighted by atomic mass is 10.1. The molecule has 0 N–H and O–H groups in total. The van der Waals surface area contributed by atoms with Gasteiger partial charge in [-0.1, -0.05) is 29.8 Å². The highest BCUT2D eigenvalue weighted by atomic mass is 35.5. The zero-order valence-corrected chi connectivity index (χ0v) is 11.8. The number of rotatable bonds is 3. The van der Waals surface area contributed by atoms with Crippen molar-refractivity contribution in [3.63, 3.8) is 0 Å². The number of nitrogens with zero attached hydrogens (tertiary/aromatic N) is 2. The summed E-state index contributed by atoms with van der Waals surface area (Å²) in [5, 5.41) is 0.674. The lowest BCUT2D eigenvalue weighted by Crippen LogP contribution is -2.02. The van der Waals surface area contributed by atoms with Gasteiger partial charge in [-0.25, -0.2) is 9.97 Å². The molecule has 0 radical (unpaired) electrons. The van der Waals surface area contributed by atoms with Crippen LogP contribution in [0, 0.1) is 6.92 Å². The van der Waals surface area contributed by atoms with Crippen molar-refractivity contribution in [3.8, 4) is 0 Å². The van der Waals surface area contributed by atoms with Crippen molar-refractivity contribution < 1.29 is 0 Å². The van der Waals surface area contributed by atoms with Crippen molar-refractivity contribution in [3.05, 3.63) is 58.1 Å². The third kappa shape index (κ3) is 3.01. The highest BCUT2D eigenvalue weighted by Crippen LogP contribution is 2.22. The third-order valence-electron chi connectivity index (χ3n) is 2.80. The molecule has 2 aromatic rings. The second-order valence-electron chi connectivity index (χ2n) is 4.21. The molecule has 0 amide bonds. The first-order chi connectivity index (χ1) is 8.58. The highest BCUT2D eigenvalue weighted by molar-refractivity contribution is 6.31. The van der Waals surface area contributed by atoms with Crippen molar-refractivity contribution in [2.24, 2.45) is 0 Å². The smallest absolute Gasteiger partial charge is 0.132 e. The minimum Gasteiger partial charge on any atom is -0.241 e. The molecule has 0 aliphatic rings. The topological polar surface area (TPSA) is 25.8 Å². The Kier molecular flexibility index (Phi) is 4.20. The van der Waals surface area contributed by atoms with Crippen LogP contribution in [-0.4, -0.2) is 9.97 Å². The first-order valence-electron chi connectivity index (χ1n) is 5.78. The van der Waals surface area contributed by atoms with E-state index in [1.807, 2.05) is 38.1 Å². The van der Waals surface area contributed by atoms with Crippen LogP contribution in [0.2, 0.25) is 5.02 Å². The monoisotopic (exact) mass is 280 g/mol.